The molecule has 0 aliphatic carbocycles. The Labute approximate surface area is 168 Å². The Bertz CT molecular complexity index is 1030. The van der Waals surface area contributed by atoms with E-state index < -0.39 is 0 Å². The van der Waals surface area contributed by atoms with Gasteiger partial charge >= 0.3 is 0 Å². The fourth-order valence-electron chi connectivity index (χ4n) is 2.54. The lowest BCUT2D eigenvalue weighted by molar-refractivity contribution is 0.102. The zero-order valence-corrected chi connectivity index (χ0v) is 16.0. The molecule has 0 radical (unpaired) electrons. The van der Waals surface area contributed by atoms with Gasteiger partial charge in [0, 0.05) is 24.6 Å². The molecule has 0 aliphatic rings. The highest BCUT2D eigenvalue weighted by molar-refractivity contribution is 6.03. The van der Waals surface area contributed by atoms with Gasteiger partial charge in [-0.1, -0.05) is 6.07 Å². The summed E-state index contributed by atoms with van der Waals surface area (Å²) in [7, 11) is 3.17. The van der Waals surface area contributed by atoms with Crippen molar-refractivity contribution in [3.8, 4) is 17.6 Å². The summed E-state index contributed by atoms with van der Waals surface area (Å²) in [6.07, 6.45) is 2.89. The third-order valence-electron chi connectivity index (χ3n) is 4.08. The maximum Gasteiger partial charge on any atom is 0.258 e. The number of hydrogen-bond acceptors (Lipinski definition) is 7. The summed E-state index contributed by atoms with van der Waals surface area (Å²) >= 11 is 0. The molecular formula is C21H19N5O3. The number of hydrogen-bond donors (Lipinski definition) is 2. The second-order valence-electron chi connectivity index (χ2n) is 5.98. The zero-order valence-electron chi connectivity index (χ0n) is 16.0. The molecule has 1 heterocycles. The molecule has 3 rings (SSSR count). The number of ether oxygens (including phenoxy) is 2. The number of methoxy groups -OCH3 is 2. The summed E-state index contributed by atoms with van der Waals surface area (Å²) < 4.78 is 10.5. The van der Waals surface area contributed by atoms with Gasteiger partial charge in [0.1, 0.15) is 0 Å². The first kappa shape index (κ1) is 19.6. The highest BCUT2D eigenvalue weighted by Gasteiger charge is 2.09. The fraction of sp³-hybridized carbons (Fsp3) is 0.143. The van der Waals surface area contributed by atoms with Crippen LogP contribution in [0.5, 0.6) is 11.5 Å². The van der Waals surface area contributed by atoms with Crippen LogP contribution in [0.15, 0.2) is 54.9 Å². The first-order valence-electron chi connectivity index (χ1n) is 8.71. The van der Waals surface area contributed by atoms with Gasteiger partial charge in [-0.15, -0.1) is 0 Å². The summed E-state index contributed by atoms with van der Waals surface area (Å²) in [5, 5.41) is 14.6. The van der Waals surface area contributed by atoms with E-state index in [1.165, 1.54) is 12.4 Å². The summed E-state index contributed by atoms with van der Waals surface area (Å²) in [6.45, 7) is 0.483. The number of anilines is 2. The molecule has 0 fully saturated rings. The largest absolute Gasteiger partial charge is 0.493 e. The molecular weight excluding hydrogens is 370 g/mol. The number of nitrogens with one attached hydrogen (secondary N) is 2. The fourth-order valence-corrected chi connectivity index (χ4v) is 2.54. The van der Waals surface area contributed by atoms with Crippen LogP contribution in [0.25, 0.3) is 0 Å². The molecule has 2 aromatic carbocycles. The minimum absolute atomic E-state index is 0.325. The molecule has 0 unspecified atom stereocenters. The van der Waals surface area contributed by atoms with Gasteiger partial charge < -0.3 is 20.1 Å². The van der Waals surface area contributed by atoms with Gasteiger partial charge in [-0.2, -0.15) is 5.26 Å². The normalized spacial score (nSPS) is 9.97. The topological polar surface area (TPSA) is 109 Å². The zero-order chi connectivity index (χ0) is 20.6. The lowest BCUT2D eigenvalue weighted by Crippen LogP contribution is -2.13. The second kappa shape index (κ2) is 9.19. The van der Waals surface area contributed by atoms with Crippen molar-refractivity contribution in [1.29, 1.82) is 5.26 Å². The molecule has 0 atom stereocenters. The predicted molar refractivity (Wildman–Crippen MR) is 108 cm³/mol. The summed E-state index contributed by atoms with van der Waals surface area (Å²) in [4.78, 5) is 20.6. The number of nitriles is 1. The Morgan fingerprint density at radius 1 is 1.03 bits per heavy atom. The molecule has 29 heavy (non-hydrogen) atoms. The molecule has 0 bridgehead atoms. The highest BCUT2D eigenvalue weighted by Crippen LogP contribution is 2.27. The second-order valence-corrected chi connectivity index (χ2v) is 5.98. The average Bonchev–Trinajstić information content (AvgIpc) is 2.78. The molecule has 0 aliphatic heterocycles. The number of amides is 1. The van der Waals surface area contributed by atoms with Gasteiger partial charge in [-0.3, -0.25) is 4.79 Å². The summed E-state index contributed by atoms with van der Waals surface area (Å²) in [5.74, 6) is 1.36. The quantitative estimate of drug-likeness (QED) is 0.638. The van der Waals surface area contributed by atoms with Crippen molar-refractivity contribution in [2.24, 2.45) is 0 Å². The van der Waals surface area contributed by atoms with Crippen LogP contribution in [0.1, 0.15) is 21.5 Å². The molecule has 2 N–H and O–H groups in total. The Morgan fingerprint density at radius 2 is 1.72 bits per heavy atom. The highest BCUT2D eigenvalue weighted by atomic mass is 16.5. The number of benzene rings is 2. The van der Waals surface area contributed by atoms with Crippen LogP contribution in [-0.2, 0) is 6.54 Å². The smallest absolute Gasteiger partial charge is 0.258 e. The number of aromatic nitrogens is 2. The number of nitrogens with zero attached hydrogens (tertiary/aromatic N) is 3. The van der Waals surface area contributed by atoms with Gasteiger partial charge in [-0.05, 0) is 42.0 Å². The Kier molecular flexibility index (Phi) is 6.22. The van der Waals surface area contributed by atoms with Crippen molar-refractivity contribution in [2.45, 2.75) is 6.54 Å². The minimum Gasteiger partial charge on any atom is -0.493 e. The standard InChI is InChI=1S/C21H19N5O3/c1-28-18-8-5-15(9-19(18)29-2)11-23-21-24-12-16(13-25-21)20(27)26-17-6-3-14(10-22)4-7-17/h3-9,12-13H,11H2,1-2H3,(H,26,27)(H,23,24,25). The van der Waals surface area contributed by atoms with Crippen LogP contribution in [0, 0.1) is 11.3 Å². The van der Waals surface area contributed by atoms with Gasteiger partial charge in [0.05, 0.1) is 31.4 Å². The van der Waals surface area contributed by atoms with Crippen molar-refractivity contribution in [2.75, 3.05) is 24.9 Å². The van der Waals surface area contributed by atoms with Crippen molar-refractivity contribution < 1.29 is 14.3 Å². The van der Waals surface area contributed by atoms with E-state index >= 15 is 0 Å². The predicted octanol–water partition coefficient (Wildman–Crippen LogP) is 3.23. The van der Waals surface area contributed by atoms with Crippen LogP contribution in [0.2, 0.25) is 0 Å². The van der Waals surface area contributed by atoms with Crippen molar-refractivity contribution in [3.05, 3.63) is 71.5 Å². The van der Waals surface area contributed by atoms with Crippen LogP contribution in [0.3, 0.4) is 0 Å². The number of carbonyl (C=O) groups excluding carboxylic acids is 1. The molecule has 1 aromatic heterocycles. The number of rotatable bonds is 7. The maximum atomic E-state index is 12.3. The van der Waals surface area contributed by atoms with Crippen LogP contribution < -0.4 is 20.1 Å². The van der Waals surface area contributed by atoms with Gasteiger partial charge in [-0.25, -0.2) is 9.97 Å². The van der Waals surface area contributed by atoms with Crippen LogP contribution >= 0.6 is 0 Å². The van der Waals surface area contributed by atoms with E-state index in [1.807, 2.05) is 24.3 Å². The van der Waals surface area contributed by atoms with Crippen LogP contribution in [0.4, 0.5) is 11.6 Å². The third-order valence-corrected chi connectivity index (χ3v) is 4.08. The summed E-state index contributed by atoms with van der Waals surface area (Å²) in [5.41, 5.74) is 2.40. The van der Waals surface area contributed by atoms with E-state index in [4.69, 9.17) is 14.7 Å². The molecule has 0 saturated heterocycles. The maximum absolute atomic E-state index is 12.3. The van der Waals surface area contributed by atoms with Gasteiger partial charge in [0.15, 0.2) is 11.5 Å². The summed E-state index contributed by atoms with van der Waals surface area (Å²) in [6, 6.07) is 14.2. The lowest BCUT2D eigenvalue weighted by Gasteiger charge is -2.10. The SMILES string of the molecule is COc1ccc(CNc2ncc(C(=O)Nc3ccc(C#N)cc3)cn2)cc1OC. The van der Waals surface area contributed by atoms with E-state index in [0.29, 0.717) is 40.8 Å². The Morgan fingerprint density at radius 3 is 2.34 bits per heavy atom. The average molecular weight is 389 g/mol. The van der Waals surface area contributed by atoms with E-state index in [0.717, 1.165) is 5.56 Å². The molecule has 0 spiro atoms. The van der Waals surface area contributed by atoms with Gasteiger partial charge in [0.25, 0.3) is 5.91 Å². The molecule has 146 valence electrons. The van der Waals surface area contributed by atoms with E-state index in [9.17, 15) is 4.79 Å². The molecule has 8 nitrogen and oxygen atoms in total. The first-order valence-corrected chi connectivity index (χ1v) is 8.71. The van der Waals surface area contributed by atoms with Crippen molar-refractivity contribution in [3.63, 3.8) is 0 Å². The van der Waals surface area contributed by atoms with E-state index in [2.05, 4.69) is 20.6 Å². The van der Waals surface area contributed by atoms with Crippen LogP contribution in [-0.4, -0.2) is 30.1 Å². The molecule has 1 amide bonds. The third kappa shape index (κ3) is 4.99. The Balaban J connectivity index is 1.59. The molecule has 3 aromatic rings. The minimum atomic E-state index is -0.332. The first-order chi connectivity index (χ1) is 14.1. The Hall–Kier alpha value is -4.12. The lowest BCUT2D eigenvalue weighted by atomic mass is 10.2. The van der Waals surface area contributed by atoms with Crippen molar-refractivity contribution in [1.82, 2.24) is 9.97 Å². The molecule has 8 heteroatoms. The monoisotopic (exact) mass is 389 g/mol. The van der Waals surface area contributed by atoms with Gasteiger partial charge in [0.2, 0.25) is 5.95 Å². The molecule has 0 saturated carbocycles. The van der Waals surface area contributed by atoms with Crippen molar-refractivity contribution >= 4 is 17.5 Å². The number of carbonyl (C=O) groups is 1. The van der Waals surface area contributed by atoms with E-state index in [-0.39, 0.29) is 5.91 Å². The van der Waals surface area contributed by atoms with E-state index in [1.54, 1.807) is 38.5 Å².